The molecular formula is C14H19ClN2OS. The first-order valence-corrected chi connectivity index (χ1v) is 8.31. The Bertz CT molecular complexity index is 447. The van der Waals surface area contributed by atoms with Crippen molar-refractivity contribution in [3.05, 3.63) is 23.2 Å². The average molecular weight is 299 g/mol. The van der Waals surface area contributed by atoms with E-state index < -0.39 is 0 Å². The number of rotatable bonds is 4. The molecule has 1 saturated heterocycles. The third-order valence-corrected chi connectivity index (χ3v) is 3.99. The van der Waals surface area contributed by atoms with Gasteiger partial charge in [0.1, 0.15) is 0 Å². The predicted octanol–water partition coefficient (Wildman–Crippen LogP) is 3.63. The third kappa shape index (κ3) is 4.05. The van der Waals surface area contributed by atoms with E-state index in [4.69, 9.17) is 11.6 Å². The molecule has 3 nitrogen and oxygen atoms in total. The summed E-state index contributed by atoms with van der Waals surface area (Å²) in [6, 6.07) is 5.72. The number of carbonyl (C=O) groups excluding carboxylic acids is 1. The molecule has 0 saturated carbocycles. The maximum absolute atomic E-state index is 11.8. The van der Waals surface area contributed by atoms with Gasteiger partial charge in [0.15, 0.2) is 0 Å². The fraction of sp³-hybridized carbons (Fsp3) is 0.500. The zero-order chi connectivity index (χ0) is 13.7. The van der Waals surface area contributed by atoms with Gasteiger partial charge in [-0.3, -0.25) is 4.79 Å². The summed E-state index contributed by atoms with van der Waals surface area (Å²) >= 11 is 7.56. The molecule has 19 heavy (non-hydrogen) atoms. The van der Waals surface area contributed by atoms with Crippen LogP contribution in [0, 0.1) is 0 Å². The van der Waals surface area contributed by atoms with Crippen LogP contribution in [0.1, 0.15) is 19.3 Å². The quantitative estimate of drug-likeness (QED) is 0.921. The molecule has 1 aliphatic rings. The molecule has 1 N–H and O–H groups in total. The first kappa shape index (κ1) is 14.5. The fourth-order valence-corrected chi connectivity index (χ4v) is 2.84. The van der Waals surface area contributed by atoms with Crippen molar-refractivity contribution in [1.29, 1.82) is 0 Å². The van der Waals surface area contributed by atoms with Crippen molar-refractivity contribution in [2.24, 2.45) is 0 Å². The van der Waals surface area contributed by atoms with Gasteiger partial charge in [-0.25, -0.2) is 0 Å². The van der Waals surface area contributed by atoms with E-state index in [1.54, 1.807) is 0 Å². The van der Waals surface area contributed by atoms with Gasteiger partial charge in [0.25, 0.3) is 0 Å². The van der Waals surface area contributed by atoms with Crippen molar-refractivity contribution in [2.45, 2.75) is 19.3 Å². The number of nitrogens with zero attached hydrogens (tertiary/aromatic N) is 1. The van der Waals surface area contributed by atoms with Gasteiger partial charge in [-0.15, -0.1) is 0 Å². The van der Waals surface area contributed by atoms with E-state index in [2.05, 4.69) is 10.2 Å². The summed E-state index contributed by atoms with van der Waals surface area (Å²) in [7, 11) is 0. The molecular weight excluding hydrogens is 280 g/mol. The standard InChI is InChI=1S/C14H19ClN2OS/c1-19-10-14(18)16-12-9-11(15)5-6-13(12)17-7-3-2-4-8-17/h5-6,9H,2-4,7-8,10H2,1H3,(H,16,18). The summed E-state index contributed by atoms with van der Waals surface area (Å²) in [6.07, 6.45) is 5.63. The van der Waals surface area contributed by atoms with Gasteiger partial charge in [0, 0.05) is 18.1 Å². The van der Waals surface area contributed by atoms with Crippen molar-refractivity contribution < 1.29 is 4.79 Å². The minimum Gasteiger partial charge on any atom is -0.370 e. The Morgan fingerprint density at radius 3 is 2.79 bits per heavy atom. The van der Waals surface area contributed by atoms with Crippen LogP contribution >= 0.6 is 23.4 Å². The summed E-state index contributed by atoms with van der Waals surface area (Å²) in [5.74, 6) is 0.486. The van der Waals surface area contributed by atoms with Gasteiger partial charge >= 0.3 is 0 Å². The van der Waals surface area contributed by atoms with E-state index >= 15 is 0 Å². The first-order valence-electron chi connectivity index (χ1n) is 6.54. The molecule has 0 aliphatic carbocycles. The minimum atomic E-state index is 0.0213. The largest absolute Gasteiger partial charge is 0.370 e. The highest BCUT2D eigenvalue weighted by molar-refractivity contribution is 7.99. The average Bonchev–Trinajstić information content (AvgIpc) is 2.40. The molecule has 1 amide bonds. The van der Waals surface area contributed by atoms with Gasteiger partial charge in [-0.05, 0) is 43.7 Å². The minimum absolute atomic E-state index is 0.0213. The lowest BCUT2D eigenvalue weighted by molar-refractivity contribution is -0.113. The van der Waals surface area contributed by atoms with Crippen LogP contribution in [0.25, 0.3) is 0 Å². The van der Waals surface area contributed by atoms with Crippen LogP contribution in [0.2, 0.25) is 5.02 Å². The number of anilines is 2. The van der Waals surface area contributed by atoms with Crippen LogP contribution in [0.15, 0.2) is 18.2 Å². The molecule has 1 heterocycles. The molecule has 1 aromatic carbocycles. The summed E-state index contributed by atoms with van der Waals surface area (Å²) < 4.78 is 0. The SMILES string of the molecule is CSCC(=O)Nc1cc(Cl)ccc1N1CCCCC1. The van der Waals surface area contributed by atoms with Gasteiger partial charge in [0.2, 0.25) is 5.91 Å². The molecule has 0 atom stereocenters. The van der Waals surface area contributed by atoms with Crippen molar-refractivity contribution in [2.75, 3.05) is 35.3 Å². The monoisotopic (exact) mass is 298 g/mol. The van der Waals surface area contributed by atoms with E-state index in [0.717, 1.165) is 24.5 Å². The lowest BCUT2D eigenvalue weighted by atomic mass is 10.1. The number of hydrogen-bond acceptors (Lipinski definition) is 3. The second-order valence-electron chi connectivity index (χ2n) is 4.69. The lowest BCUT2D eigenvalue weighted by Crippen LogP contribution is -2.30. The van der Waals surface area contributed by atoms with E-state index in [-0.39, 0.29) is 5.91 Å². The number of thioether (sulfide) groups is 1. The summed E-state index contributed by atoms with van der Waals surface area (Å²) in [6.45, 7) is 2.10. The first-order chi connectivity index (χ1) is 9.20. The number of nitrogens with one attached hydrogen (secondary N) is 1. The van der Waals surface area contributed by atoms with Crippen molar-refractivity contribution in [3.63, 3.8) is 0 Å². The molecule has 0 unspecified atom stereocenters. The Labute approximate surface area is 123 Å². The highest BCUT2D eigenvalue weighted by Gasteiger charge is 2.16. The number of amides is 1. The Morgan fingerprint density at radius 1 is 1.37 bits per heavy atom. The van der Waals surface area contributed by atoms with Gasteiger partial charge in [-0.2, -0.15) is 11.8 Å². The summed E-state index contributed by atoms with van der Waals surface area (Å²) in [5, 5.41) is 3.62. The zero-order valence-electron chi connectivity index (χ0n) is 11.1. The zero-order valence-corrected chi connectivity index (χ0v) is 12.7. The van der Waals surface area contributed by atoms with Crippen molar-refractivity contribution >= 4 is 40.6 Å². The molecule has 5 heteroatoms. The summed E-state index contributed by atoms with van der Waals surface area (Å²) in [5.41, 5.74) is 1.91. The van der Waals surface area contributed by atoms with E-state index in [0.29, 0.717) is 10.8 Å². The highest BCUT2D eigenvalue weighted by Crippen LogP contribution is 2.31. The van der Waals surface area contributed by atoms with Crippen LogP contribution in [-0.4, -0.2) is 31.0 Å². The van der Waals surface area contributed by atoms with Gasteiger partial charge in [-0.1, -0.05) is 11.6 Å². The molecule has 0 aromatic heterocycles. The Balaban J connectivity index is 2.19. The number of halogens is 1. The third-order valence-electron chi connectivity index (χ3n) is 3.20. The predicted molar refractivity (Wildman–Crippen MR) is 84.5 cm³/mol. The van der Waals surface area contributed by atoms with Crippen LogP contribution in [0.5, 0.6) is 0 Å². The topological polar surface area (TPSA) is 32.3 Å². The molecule has 1 aliphatic heterocycles. The Morgan fingerprint density at radius 2 is 2.11 bits per heavy atom. The van der Waals surface area contributed by atoms with Crippen LogP contribution in [-0.2, 0) is 4.79 Å². The second kappa shape index (κ2) is 7.06. The van der Waals surface area contributed by atoms with Crippen LogP contribution in [0.3, 0.4) is 0 Å². The van der Waals surface area contributed by atoms with E-state index in [9.17, 15) is 4.79 Å². The normalized spacial score (nSPS) is 15.4. The van der Waals surface area contributed by atoms with Gasteiger partial charge < -0.3 is 10.2 Å². The number of benzene rings is 1. The van der Waals surface area contributed by atoms with Crippen LogP contribution in [0.4, 0.5) is 11.4 Å². The molecule has 2 rings (SSSR count). The number of carbonyl (C=O) groups is 1. The molecule has 104 valence electrons. The number of hydrogen-bond donors (Lipinski definition) is 1. The Hall–Kier alpha value is -0.870. The lowest BCUT2D eigenvalue weighted by Gasteiger charge is -2.30. The fourth-order valence-electron chi connectivity index (χ4n) is 2.34. The van der Waals surface area contributed by atoms with E-state index in [1.807, 2.05) is 24.5 Å². The summed E-state index contributed by atoms with van der Waals surface area (Å²) in [4.78, 5) is 14.1. The molecule has 1 aromatic rings. The molecule has 0 bridgehead atoms. The smallest absolute Gasteiger partial charge is 0.234 e. The van der Waals surface area contributed by atoms with Crippen LogP contribution < -0.4 is 10.2 Å². The molecule has 0 spiro atoms. The maximum atomic E-state index is 11.8. The van der Waals surface area contributed by atoms with Crippen molar-refractivity contribution in [3.8, 4) is 0 Å². The number of piperidine rings is 1. The highest BCUT2D eigenvalue weighted by atomic mass is 35.5. The molecule has 0 radical (unpaired) electrons. The van der Waals surface area contributed by atoms with E-state index in [1.165, 1.54) is 31.0 Å². The Kier molecular flexibility index (Phi) is 5.40. The molecule has 1 fully saturated rings. The maximum Gasteiger partial charge on any atom is 0.234 e. The van der Waals surface area contributed by atoms with Crippen molar-refractivity contribution in [1.82, 2.24) is 0 Å². The van der Waals surface area contributed by atoms with Gasteiger partial charge in [0.05, 0.1) is 17.1 Å². The second-order valence-corrected chi connectivity index (χ2v) is 5.99.